The van der Waals surface area contributed by atoms with Gasteiger partial charge in [0.2, 0.25) is 0 Å². The molecule has 2 N–H and O–H groups in total. The minimum Gasteiger partial charge on any atom is -0.496 e. The van der Waals surface area contributed by atoms with Crippen molar-refractivity contribution in [1.82, 2.24) is 4.98 Å². The van der Waals surface area contributed by atoms with Crippen molar-refractivity contribution in [1.29, 1.82) is 0 Å². The first-order valence-electron chi connectivity index (χ1n) is 8.54. The molecule has 3 aromatic rings. The highest BCUT2D eigenvalue weighted by Gasteiger charge is 2.07. The highest BCUT2D eigenvalue weighted by Crippen LogP contribution is 2.18. The van der Waals surface area contributed by atoms with Crippen molar-refractivity contribution in [2.75, 3.05) is 24.3 Å². The van der Waals surface area contributed by atoms with Crippen LogP contribution >= 0.6 is 0 Å². The van der Waals surface area contributed by atoms with E-state index in [4.69, 9.17) is 4.74 Å². The van der Waals surface area contributed by atoms with Gasteiger partial charge in [-0.2, -0.15) is 0 Å². The number of benzene rings is 2. The van der Waals surface area contributed by atoms with Gasteiger partial charge in [-0.05, 0) is 48.4 Å². The van der Waals surface area contributed by atoms with Crippen molar-refractivity contribution in [3.63, 3.8) is 0 Å². The molecule has 27 heavy (non-hydrogen) atoms. The van der Waals surface area contributed by atoms with Crippen LogP contribution in [0.3, 0.4) is 0 Å². The van der Waals surface area contributed by atoms with E-state index in [0.717, 1.165) is 17.7 Å². The largest absolute Gasteiger partial charge is 0.496 e. The summed E-state index contributed by atoms with van der Waals surface area (Å²) in [5.74, 6) is 0.736. The van der Waals surface area contributed by atoms with E-state index >= 15 is 0 Å². The van der Waals surface area contributed by atoms with E-state index in [1.54, 1.807) is 31.5 Å². The first-order valence-corrected chi connectivity index (χ1v) is 8.54. The van der Waals surface area contributed by atoms with E-state index < -0.39 is 5.82 Å². The van der Waals surface area contributed by atoms with Crippen molar-refractivity contribution in [2.45, 2.75) is 6.42 Å². The quantitative estimate of drug-likeness (QED) is 0.661. The van der Waals surface area contributed by atoms with Crippen LogP contribution in [0.2, 0.25) is 0 Å². The molecule has 0 unspecified atom stereocenters. The Bertz CT molecular complexity index is 913. The molecule has 0 bridgehead atoms. The second-order valence-electron chi connectivity index (χ2n) is 5.89. The third-order valence-electron chi connectivity index (χ3n) is 4.00. The molecule has 0 atom stereocenters. The van der Waals surface area contributed by atoms with Gasteiger partial charge in [0.15, 0.2) is 0 Å². The summed E-state index contributed by atoms with van der Waals surface area (Å²) in [5, 5.41) is 5.93. The number of pyridine rings is 1. The number of ether oxygens (including phenoxy) is 1. The molecule has 5 nitrogen and oxygen atoms in total. The molecule has 0 aliphatic carbocycles. The van der Waals surface area contributed by atoms with Crippen LogP contribution in [0.4, 0.5) is 15.9 Å². The number of para-hydroxylation sites is 1. The Balaban J connectivity index is 1.53. The number of hydrogen-bond acceptors (Lipinski definition) is 4. The minimum absolute atomic E-state index is 0.258. The number of hydrogen-bond donors (Lipinski definition) is 2. The molecular formula is C21H20FN3O2. The van der Waals surface area contributed by atoms with Crippen LogP contribution in [0.25, 0.3) is 0 Å². The van der Waals surface area contributed by atoms with Gasteiger partial charge in [0.05, 0.1) is 19.0 Å². The van der Waals surface area contributed by atoms with E-state index in [9.17, 15) is 9.18 Å². The second kappa shape index (κ2) is 8.80. The van der Waals surface area contributed by atoms with Gasteiger partial charge in [0.1, 0.15) is 17.4 Å². The smallest absolute Gasteiger partial charge is 0.255 e. The first-order chi connectivity index (χ1) is 13.2. The number of methoxy groups -OCH3 is 1. The van der Waals surface area contributed by atoms with Gasteiger partial charge in [0, 0.05) is 12.1 Å². The lowest BCUT2D eigenvalue weighted by atomic mass is 10.1. The maximum Gasteiger partial charge on any atom is 0.255 e. The average molecular weight is 365 g/mol. The zero-order valence-corrected chi connectivity index (χ0v) is 14.9. The fourth-order valence-electron chi connectivity index (χ4n) is 2.64. The molecule has 6 heteroatoms. The van der Waals surface area contributed by atoms with Crippen molar-refractivity contribution in [2.24, 2.45) is 0 Å². The number of nitrogens with one attached hydrogen (secondary N) is 2. The highest BCUT2D eigenvalue weighted by atomic mass is 19.1. The van der Waals surface area contributed by atoms with Crippen molar-refractivity contribution in [3.05, 3.63) is 83.8 Å². The van der Waals surface area contributed by atoms with Crippen LogP contribution < -0.4 is 15.4 Å². The Labute approximate surface area is 157 Å². The summed E-state index contributed by atoms with van der Waals surface area (Å²) in [5.41, 5.74) is 1.92. The molecule has 1 heterocycles. The Morgan fingerprint density at radius 1 is 1.11 bits per heavy atom. The summed E-state index contributed by atoms with van der Waals surface area (Å²) in [4.78, 5) is 16.4. The number of amides is 1. The molecule has 1 amide bonds. The average Bonchev–Trinajstić information content (AvgIpc) is 2.69. The summed E-state index contributed by atoms with van der Waals surface area (Å²) in [6, 6.07) is 16.9. The lowest BCUT2D eigenvalue weighted by Crippen LogP contribution is -2.12. The van der Waals surface area contributed by atoms with Gasteiger partial charge in [0.25, 0.3) is 5.91 Å². The first kappa shape index (κ1) is 18.4. The zero-order valence-electron chi connectivity index (χ0n) is 14.9. The summed E-state index contributed by atoms with van der Waals surface area (Å²) in [7, 11) is 1.66. The zero-order chi connectivity index (χ0) is 19.1. The summed E-state index contributed by atoms with van der Waals surface area (Å²) in [6.45, 7) is 0.697. The van der Waals surface area contributed by atoms with E-state index in [1.165, 1.54) is 18.2 Å². The molecule has 0 fully saturated rings. The third-order valence-corrected chi connectivity index (χ3v) is 4.00. The van der Waals surface area contributed by atoms with Gasteiger partial charge >= 0.3 is 0 Å². The summed E-state index contributed by atoms with van der Waals surface area (Å²) in [6.07, 6.45) is 2.35. The van der Waals surface area contributed by atoms with E-state index in [-0.39, 0.29) is 11.5 Å². The van der Waals surface area contributed by atoms with Gasteiger partial charge in [-0.3, -0.25) is 4.79 Å². The van der Waals surface area contributed by atoms with Gasteiger partial charge in [-0.15, -0.1) is 0 Å². The highest BCUT2D eigenvalue weighted by molar-refractivity contribution is 6.04. The van der Waals surface area contributed by atoms with E-state index in [2.05, 4.69) is 15.6 Å². The molecule has 3 rings (SSSR count). The molecule has 138 valence electrons. The predicted octanol–water partition coefficient (Wildman–Crippen LogP) is 4.14. The monoisotopic (exact) mass is 365 g/mol. The number of carbonyl (C=O) groups is 1. The number of carbonyl (C=O) groups excluding carboxylic acids is 1. The minimum atomic E-state index is -0.449. The molecule has 2 aromatic carbocycles. The van der Waals surface area contributed by atoms with E-state index in [1.807, 2.05) is 24.3 Å². The van der Waals surface area contributed by atoms with Crippen LogP contribution in [0.5, 0.6) is 5.75 Å². The topological polar surface area (TPSA) is 63.2 Å². The second-order valence-corrected chi connectivity index (χ2v) is 5.89. The molecule has 0 radical (unpaired) electrons. The van der Waals surface area contributed by atoms with Crippen molar-refractivity contribution >= 4 is 17.4 Å². The SMILES string of the molecule is COc1ccccc1CCNc1ccc(NC(=O)c2cccc(F)c2)cn1. The van der Waals surface area contributed by atoms with Gasteiger partial charge < -0.3 is 15.4 Å². The number of aromatic nitrogens is 1. The number of halogens is 1. The van der Waals surface area contributed by atoms with Crippen LogP contribution in [0.1, 0.15) is 15.9 Å². The molecule has 0 saturated carbocycles. The van der Waals surface area contributed by atoms with Crippen molar-refractivity contribution < 1.29 is 13.9 Å². The van der Waals surface area contributed by atoms with Crippen LogP contribution in [0, 0.1) is 5.82 Å². The van der Waals surface area contributed by atoms with Crippen LogP contribution in [-0.4, -0.2) is 24.5 Å². The number of nitrogens with zero attached hydrogens (tertiary/aromatic N) is 1. The lowest BCUT2D eigenvalue weighted by molar-refractivity contribution is 0.102. The summed E-state index contributed by atoms with van der Waals surface area (Å²) < 4.78 is 18.5. The number of anilines is 2. The van der Waals surface area contributed by atoms with Crippen molar-refractivity contribution in [3.8, 4) is 5.75 Å². The standard InChI is InChI=1S/C21H20FN3O2/c1-27-19-8-3-2-5-15(19)11-12-23-20-10-9-18(14-24-20)25-21(26)16-6-4-7-17(22)13-16/h2-10,13-14H,11-12H2,1H3,(H,23,24)(H,25,26). The van der Waals surface area contributed by atoms with E-state index in [0.29, 0.717) is 18.1 Å². The lowest BCUT2D eigenvalue weighted by Gasteiger charge is -2.10. The molecule has 0 aliphatic rings. The molecule has 0 aliphatic heterocycles. The molecular weight excluding hydrogens is 345 g/mol. The number of rotatable bonds is 7. The third kappa shape index (κ3) is 5.04. The molecule has 0 spiro atoms. The normalized spacial score (nSPS) is 10.3. The predicted molar refractivity (Wildman–Crippen MR) is 104 cm³/mol. The maximum absolute atomic E-state index is 13.2. The van der Waals surface area contributed by atoms with Crippen LogP contribution in [0.15, 0.2) is 66.9 Å². The Kier molecular flexibility index (Phi) is 5.99. The fraction of sp³-hybridized carbons (Fsp3) is 0.143. The van der Waals surface area contributed by atoms with Gasteiger partial charge in [-0.1, -0.05) is 24.3 Å². The van der Waals surface area contributed by atoms with Crippen LogP contribution in [-0.2, 0) is 6.42 Å². The molecule has 0 saturated heterocycles. The maximum atomic E-state index is 13.2. The Morgan fingerprint density at radius 2 is 1.96 bits per heavy atom. The Morgan fingerprint density at radius 3 is 2.70 bits per heavy atom. The molecule has 1 aromatic heterocycles. The fourth-order valence-corrected chi connectivity index (χ4v) is 2.64. The van der Waals surface area contributed by atoms with Gasteiger partial charge in [-0.25, -0.2) is 9.37 Å². The Hall–Kier alpha value is -3.41. The summed E-state index contributed by atoms with van der Waals surface area (Å²) >= 11 is 0.